The van der Waals surface area contributed by atoms with Gasteiger partial charge in [0.25, 0.3) is 29.5 Å². The number of carbonyl (C=O) groups is 5. The Bertz CT molecular complexity index is 5550. The van der Waals surface area contributed by atoms with Crippen molar-refractivity contribution in [3.8, 4) is 0 Å². The van der Waals surface area contributed by atoms with E-state index in [2.05, 4.69) is 82.8 Å². The predicted molar refractivity (Wildman–Crippen MR) is 521 cm³/mol. The lowest BCUT2D eigenvalue weighted by Crippen LogP contribution is -2.44. The molecule has 44 heteroatoms. The summed E-state index contributed by atoms with van der Waals surface area (Å²) in [4.78, 5) is 83.4. The summed E-state index contributed by atoms with van der Waals surface area (Å²) in [5.74, 6) is -3.52. The van der Waals surface area contributed by atoms with Crippen molar-refractivity contribution in [2.45, 2.75) is 188 Å². The van der Waals surface area contributed by atoms with Crippen molar-refractivity contribution in [3.05, 3.63) is 261 Å². The van der Waals surface area contributed by atoms with Gasteiger partial charge >= 0.3 is 24.7 Å². The Morgan fingerprint density at radius 2 is 0.706 bits per heavy atom. The number of nitrogens with one attached hydrogen (secondary N) is 5. The van der Waals surface area contributed by atoms with Gasteiger partial charge in [-0.15, -0.1) is 0 Å². The van der Waals surface area contributed by atoms with Crippen LogP contribution in [0.5, 0.6) is 0 Å². The van der Waals surface area contributed by atoms with Crippen LogP contribution in [0.3, 0.4) is 0 Å². The second-order valence-corrected chi connectivity index (χ2v) is 37.9. The Hall–Kier alpha value is -10.2. The first kappa shape index (κ1) is 115. The fraction of sp³-hybridized carbons (Fsp3) is 0.495. The normalized spacial score (nSPS) is 15.9. The monoisotopic (exact) mass is 2110 g/mol. The zero-order chi connectivity index (χ0) is 104. The summed E-state index contributed by atoms with van der Waals surface area (Å²) in [5.41, 5.74) is -0.515. The van der Waals surface area contributed by atoms with E-state index in [1.165, 1.54) is 69.1 Å². The van der Waals surface area contributed by atoms with Crippen LogP contribution in [0.25, 0.3) is 0 Å². The van der Waals surface area contributed by atoms with Crippen molar-refractivity contribution in [3.63, 3.8) is 0 Å². The number of hydrogen-bond donors (Lipinski definition) is 5. The van der Waals surface area contributed by atoms with Crippen LogP contribution in [-0.2, 0) is 57.4 Å². The minimum atomic E-state index is -4.62. The largest absolute Gasteiger partial charge is 0.432 e. The Balaban J connectivity index is 0.000000184. The molecule has 2 unspecified atom stereocenters. The highest BCUT2D eigenvalue weighted by atomic mass is 35.5. The SMILES string of the molecule is CC1CCCCN1CCN(Cc1ccccc1Cl)C(=O)c1cc(C(F)(F)F)[nH]n1.CC1CCCN(CCN(Cc2ccccc2Cl)C(=O)c2cc(C(F)(F)F)[nH]n2)C1.CCN(CC)CCN(Cc1ccccc1Cl)C(=O)c1n[nH]c(Cl)c1F.Cc1ccc(CN(CCN2CCCCCC2)C(=O)c2cc(C(F)(F)F)[nH]n2)c(Cl)c1.Cc1ccc(CN(CCN2CCCCCC2)C(=O)c2cc(C(F)(F)F)[nH]n2)c(F)c1. The van der Waals surface area contributed by atoms with Crippen molar-refractivity contribution >= 4 is 87.5 Å². The molecule has 143 heavy (non-hydrogen) atoms. The summed E-state index contributed by atoms with van der Waals surface area (Å²) in [7, 11) is 0. The van der Waals surface area contributed by atoms with Gasteiger partial charge in [-0.1, -0.05) is 190 Å². The molecule has 10 aromatic rings. The summed E-state index contributed by atoms with van der Waals surface area (Å²) in [5, 5.41) is 29.8. The molecule has 0 aliphatic carbocycles. The third-order valence-electron chi connectivity index (χ3n) is 25.2. The maximum atomic E-state index is 14.4. The van der Waals surface area contributed by atoms with Gasteiger partial charge in [-0.05, 0) is 194 Å². The highest BCUT2D eigenvalue weighted by molar-refractivity contribution is 6.32. The Kier molecular flexibility index (Phi) is 44.0. The second kappa shape index (κ2) is 54.8. The summed E-state index contributed by atoms with van der Waals surface area (Å²) in [6.45, 7) is 26.4. The lowest BCUT2D eigenvalue weighted by molar-refractivity contribution is -0.142. The highest BCUT2D eigenvalue weighted by Crippen LogP contribution is 2.35. The number of aromatic amines is 5. The van der Waals surface area contributed by atoms with E-state index in [4.69, 9.17) is 58.0 Å². The zero-order valence-electron chi connectivity index (χ0n) is 80.5. The quantitative estimate of drug-likeness (QED) is 0.0246. The van der Waals surface area contributed by atoms with E-state index in [-0.39, 0.29) is 72.9 Å². The van der Waals surface area contributed by atoms with Crippen molar-refractivity contribution < 1.29 is 85.4 Å². The number of H-pyrrole nitrogens is 5. The van der Waals surface area contributed by atoms with Crippen LogP contribution in [-0.4, -0.2) is 260 Å². The minimum Gasteiger partial charge on any atom is -0.332 e. The average molecular weight is 2110 g/mol. The van der Waals surface area contributed by atoms with Crippen molar-refractivity contribution in [2.24, 2.45) is 5.92 Å². The van der Waals surface area contributed by atoms with Gasteiger partial charge in [0.1, 0.15) is 28.6 Å². The van der Waals surface area contributed by atoms with Gasteiger partial charge in [0.15, 0.2) is 39.4 Å². The van der Waals surface area contributed by atoms with Gasteiger partial charge in [-0.2, -0.15) is 78.2 Å². The van der Waals surface area contributed by atoms with Crippen LogP contribution < -0.4 is 0 Å². The molecule has 4 aliphatic rings. The van der Waals surface area contributed by atoms with E-state index in [0.717, 1.165) is 155 Å². The molecule has 4 saturated heterocycles. The van der Waals surface area contributed by atoms with Crippen LogP contribution in [0.2, 0.25) is 25.2 Å². The van der Waals surface area contributed by atoms with Crippen LogP contribution in [0.4, 0.5) is 61.5 Å². The number of halogens is 19. The maximum Gasteiger partial charge on any atom is 0.432 e. The molecular formula is C99H121Cl5F14N20O5. The molecule has 2 atom stereocenters. The summed E-state index contributed by atoms with van der Waals surface area (Å²) in [6, 6.07) is 35.2. The van der Waals surface area contributed by atoms with E-state index >= 15 is 0 Å². The number of aromatic nitrogens is 10. The molecule has 14 rings (SSSR count). The Morgan fingerprint density at radius 1 is 0.364 bits per heavy atom. The zero-order valence-corrected chi connectivity index (χ0v) is 84.2. The summed E-state index contributed by atoms with van der Waals surface area (Å²) < 4.78 is 183. The van der Waals surface area contributed by atoms with Crippen molar-refractivity contribution in [1.82, 2.24) is 100.0 Å². The highest BCUT2D eigenvalue weighted by Gasteiger charge is 2.40. The molecule has 780 valence electrons. The smallest absolute Gasteiger partial charge is 0.332 e. The number of benzene rings is 5. The molecule has 5 aromatic carbocycles. The van der Waals surface area contributed by atoms with E-state index in [1.54, 1.807) is 61.5 Å². The van der Waals surface area contributed by atoms with Gasteiger partial charge in [-0.3, -0.25) is 54.4 Å². The van der Waals surface area contributed by atoms with E-state index in [0.29, 0.717) is 103 Å². The first-order valence-corrected chi connectivity index (χ1v) is 49.5. The average Bonchev–Trinajstić information content (AvgIpc) is 1.72. The van der Waals surface area contributed by atoms with Crippen molar-refractivity contribution in [1.29, 1.82) is 0 Å². The van der Waals surface area contributed by atoms with Gasteiger partial charge < -0.3 is 44.1 Å². The fourth-order valence-corrected chi connectivity index (χ4v) is 17.8. The number of likely N-dealkylation sites (tertiary alicyclic amines) is 4. The minimum absolute atomic E-state index is 0.0347. The molecule has 4 aliphatic heterocycles. The molecule has 0 saturated carbocycles. The fourth-order valence-electron chi connectivity index (χ4n) is 16.8. The topological polar surface area (TPSA) is 261 Å². The number of piperidine rings is 2. The lowest BCUT2D eigenvalue weighted by Gasteiger charge is -2.35. The van der Waals surface area contributed by atoms with E-state index in [9.17, 15) is 85.4 Å². The van der Waals surface area contributed by atoms with Crippen molar-refractivity contribution in [2.75, 3.05) is 124 Å². The van der Waals surface area contributed by atoms with Crippen LogP contribution in [0.15, 0.2) is 133 Å². The molecule has 0 bridgehead atoms. The molecule has 9 heterocycles. The molecular weight excluding hydrogens is 1990 g/mol. The van der Waals surface area contributed by atoms with Crippen LogP contribution in [0.1, 0.15) is 225 Å². The third kappa shape index (κ3) is 35.6. The number of carbonyl (C=O) groups excluding carboxylic acids is 5. The molecule has 5 N–H and O–H groups in total. The van der Waals surface area contributed by atoms with E-state index < -0.39 is 88.7 Å². The van der Waals surface area contributed by atoms with Crippen LogP contribution in [0, 0.1) is 31.4 Å². The lowest BCUT2D eigenvalue weighted by atomic mass is 10.0. The number of likely N-dealkylation sites (N-methyl/N-ethyl adjacent to an activating group) is 1. The standard InChI is InChI=1S/C21H26ClF3N4O.C21H26F4N4O.2C20H24ClF3N4O.C17H21Cl2FN4O/c2*1-15-6-7-16(17(22)12-15)14-29(11-10-28-8-4-2-3-5-9-28)20(30)18-13-19(27-26-18)21(23,24)25;1-14-6-4-5-9-27(14)10-11-28(13-15-7-2-3-8-16(15)21)19(29)17-12-18(26-25-17)20(22,23)24;1-14-5-4-8-27(12-14)9-10-28(13-15-6-2-3-7-16(15)21)19(29)17-11-18(26-25-17)20(22,23)24;1-3-23(4-2)9-10-24(11-12-7-5-6-8-13(12)18)17(25)15-14(20)16(19)22-21-15/h2*6-7,12-13H,2-5,8-11,14H2,1H3,(H,26,27);2-3,7-8,12,14H,4-6,9-11,13H2,1H3,(H,25,26);2-3,6-7,11,14H,4-5,8-10,12-13H2,1H3,(H,25,26);5-8H,3-4,9-11H2,1-2H3,(H,21,22). The van der Waals surface area contributed by atoms with E-state index in [1.807, 2.05) is 75.8 Å². The Morgan fingerprint density at radius 3 is 1.05 bits per heavy atom. The summed E-state index contributed by atoms with van der Waals surface area (Å²) in [6.07, 6.45) is -3.54. The molecule has 0 radical (unpaired) electrons. The van der Waals surface area contributed by atoms with Gasteiger partial charge in [0.2, 0.25) is 0 Å². The summed E-state index contributed by atoms with van der Waals surface area (Å²) >= 11 is 30.7. The maximum absolute atomic E-state index is 14.4. The number of nitrogens with zero attached hydrogens (tertiary/aromatic N) is 15. The predicted octanol–water partition coefficient (Wildman–Crippen LogP) is 22.2. The first-order chi connectivity index (χ1) is 67.9. The second-order valence-electron chi connectivity index (χ2n) is 35.9. The van der Waals surface area contributed by atoms with Crippen LogP contribution >= 0.6 is 58.0 Å². The number of amides is 5. The van der Waals surface area contributed by atoms with Gasteiger partial charge in [0, 0.05) is 161 Å². The molecule has 4 fully saturated rings. The first-order valence-electron chi connectivity index (χ1n) is 47.6. The number of hydrogen-bond acceptors (Lipinski definition) is 15. The molecule has 0 spiro atoms. The third-order valence-corrected chi connectivity index (χ3v) is 26.9. The van der Waals surface area contributed by atoms with Gasteiger partial charge in [-0.25, -0.2) is 8.78 Å². The number of alkyl halides is 12. The number of rotatable bonds is 32. The molecule has 5 aromatic heterocycles. The number of aryl methyl sites for hydroxylation is 2. The molecule has 25 nitrogen and oxygen atoms in total. The molecule has 5 amide bonds. The Labute approximate surface area is 847 Å². The van der Waals surface area contributed by atoms with Gasteiger partial charge in [0.05, 0.1) is 0 Å².